The van der Waals surface area contributed by atoms with E-state index >= 15 is 0 Å². The van der Waals surface area contributed by atoms with Crippen LogP contribution < -0.4 is 5.32 Å². The highest BCUT2D eigenvalue weighted by molar-refractivity contribution is 6.30. The van der Waals surface area contributed by atoms with E-state index in [-0.39, 0.29) is 5.92 Å². The van der Waals surface area contributed by atoms with Gasteiger partial charge >= 0.3 is 5.97 Å². The number of aliphatic carboxylic acids is 1. The zero-order valence-electron chi connectivity index (χ0n) is 11.4. The summed E-state index contributed by atoms with van der Waals surface area (Å²) in [4.78, 5) is 19.1. The van der Waals surface area contributed by atoms with Crippen LogP contribution in [-0.4, -0.2) is 27.6 Å². The normalized spacial score (nSPS) is 22.6. The Bertz CT molecular complexity index is 431. The molecule has 2 rings (SSSR count). The van der Waals surface area contributed by atoms with Gasteiger partial charge in [0.15, 0.2) is 0 Å². The highest BCUT2D eigenvalue weighted by Gasteiger charge is 2.25. The number of carboxylic acid groups (broad SMARTS) is 1. The molecule has 1 aliphatic rings. The van der Waals surface area contributed by atoms with Crippen LogP contribution in [0.15, 0.2) is 12.4 Å². The average Bonchev–Trinajstić information content (AvgIpc) is 2.46. The number of carbonyl (C=O) groups is 1. The molecule has 1 saturated carbocycles. The van der Waals surface area contributed by atoms with E-state index in [1.165, 1.54) is 0 Å². The molecule has 0 saturated heterocycles. The highest BCUT2D eigenvalue weighted by atomic mass is 35.5. The minimum Gasteiger partial charge on any atom is -0.481 e. The van der Waals surface area contributed by atoms with Crippen molar-refractivity contribution >= 4 is 17.6 Å². The van der Waals surface area contributed by atoms with Gasteiger partial charge in [0.25, 0.3) is 0 Å². The molecule has 0 amide bonds. The molecule has 5 nitrogen and oxygen atoms in total. The fourth-order valence-electron chi connectivity index (χ4n) is 2.63. The van der Waals surface area contributed by atoms with Crippen LogP contribution in [0, 0.1) is 11.8 Å². The van der Waals surface area contributed by atoms with Crippen molar-refractivity contribution in [2.45, 2.75) is 38.6 Å². The third kappa shape index (κ3) is 4.72. The van der Waals surface area contributed by atoms with Gasteiger partial charge in [-0.3, -0.25) is 4.79 Å². The molecule has 1 aromatic rings. The lowest BCUT2D eigenvalue weighted by Gasteiger charge is -2.26. The van der Waals surface area contributed by atoms with Crippen LogP contribution >= 0.6 is 11.6 Å². The van der Waals surface area contributed by atoms with Crippen molar-refractivity contribution in [3.8, 4) is 0 Å². The summed E-state index contributed by atoms with van der Waals surface area (Å²) < 4.78 is 0. The fraction of sp³-hybridized carbons (Fsp3) is 0.643. The van der Waals surface area contributed by atoms with Crippen molar-refractivity contribution < 1.29 is 9.90 Å². The van der Waals surface area contributed by atoms with Crippen molar-refractivity contribution in [1.82, 2.24) is 15.3 Å². The van der Waals surface area contributed by atoms with E-state index in [2.05, 4.69) is 15.3 Å². The van der Waals surface area contributed by atoms with Crippen molar-refractivity contribution in [3.63, 3.8) is 0 Å². The Morgan fingerprint density at radius 3 is 2.55 bits per heavy atom. The summed E-state index contributed by atoms with van der Waals surface area (Å²) >= 11 is 5.72. The summed E-state index contributed by atoms with van der Waals surface area (Å²) in [5.74, 6) is 0.622. The predicted octanol–water partition coefficient (Wildman–Crippen LogP) is 2.50. The van der Waals surface area contributed by atoms with E-state index in [1.54, 1.807) is 12.4 Å². The second-order valence-electron chi connectivity index (χ2n) is 5.34. The number of carboxylic acids is 1. The van der Waals surface area contributed by atoms with Crippen molar-refractivity contribution in [2.75, 3.05) is 6.54 Å². The standard InChI is InChI=1S/C14H20ClN3O2/c15-12-7-17-13(18-8-12)9-16-6-5-10-1-3-11(4-2-10)14(19)20/h7-8,10-11,16H,1-6,9H2,(H,19,20). The second-order valence-corrected chi connectivity index (χ2v) is 5.78. The number of nitrogens with one attached hydrogen (secondary N) is 1. The van der Waals surface area contributed by atoms with Gasteiger partial charge in [-0.15, -0.1) is 0 Å². The smallest absolute Gasteiger partial charge is 0.306 e. The van der Waals surface area contributed by atoms with Gasteiger partial charge in [0.05, 0.1) is 17.5 Å². The van der Waals surface area contributed by atoms with Crippen LogP contribution in [0.1, 0.15) is 37.9 Å². The van der Waals surface area contributed by atoms with Crippen LogP contribution in [0.3, 0.4) is 0 Å². The second kappa shape index (κ2) is 7.55. The van der Waals surface area contributed by atoms with Gasteiger partial charge in [0, 0.05) is 12.4 Å². The maximum Gasteiger partial charge on any atom is 0.306 e. The molecule has 0 unspecified atom stereocenters. The van der Waals surface area contributed by atoms with Crippen LogP contribution in [0.2, 0.25) is 5.02 Å². The molecule has 1 aliphatic carbocycles. The van der Waals surface area contributed by atoms with Gasteiger partial charge in [0.2, 0.25) is 0 Å². The van der Waals surface area contributed by atoms with E-state index in [0.717, 1.165) is 44.5 Å². The van der Waals surface area contributed by atoms with Gasteiger partial charge in [-0.1, -0.05) is 11.6 Å². The third-order valence-corrected chi connectivity index (χ3v) is 4.08. The molecule has 0 aliphatic heterocycles. The molecular formula is C14H20ClN3O2. The Morgan fingerprint density at radius 2 is 1.95 bits per heavy atom. The van der Waals surface area contributed by atoms with E-state index in [4.69, 9.17) is 16.7 Å². The first-order chi connectivity index (χ1) is 9.65. The Kier molecular flexibility index (Phi) is 5.73. The van der Waals surface area contributed by atoms with Gasteiger partial charge in [-0.25, -0.2) is 9.97 Å². The van der Waals surface area contributed by atoms with Crippen molar-refractivity contribution in [3.05, 3.63) is 23.2 Å². The quantitative estimate of drug-likeness (QED) is 0.789. The molecule has 110 valence electrons. The number of aromatic nitrogens is 2. The first kappa shape index (κ1) is 15.2. The third-order valence-electron chi connectivity index (χ3n) is 3.88. The molecule has 6 heteroatoms. The molecule has 0 radical (unpaired) electrons. The number of rotatable bonds is 6. The van der Waals surface area contributed by atoms with E-state index in [1.807, 2.05) is 0 Å². The summed E-state index contributed by atoms with van der Waals surface area (Å²) in [5.41, 5.74) is 0. The lowest BCUT2D eigenvalue weighted by molar-refractivity contribution is -0.143. The van der Waals surface area contributed by atoms with Crippen LogP contribution in [0.4, 0.5) is 0 Å². The monoisotopic (exact) mass is 297 g/mol. The number of nitrogens with zero attached hydrogens (tertiary/aromatic N) is 2. The first-order valence-corrected chi connectivity index (χ1v) is 7.43. The zero-order chi connectivity index (χ0) is 14.4. The fourth-order valence-corrected chi connectivity index (χ4v) is 2.73. The summed E-state index contributed by atoms with van der Waals surface area (Å²) in [6, 6.07) is 0. The zero-order valence-corrected chi connectivity index (χ0v) is 12.1. The Hall–Kier alpha value is -1.20. The Balaban J connectivity index is 1.60. The number of hydrogen-bond acceptors (Lipinski definition) is 4. The average molecular weight is 298 g/mol. The molecule has 0 bridgehead atoms. The molecule has 0 aromatic carbocycles. The van der Waals surface area contributed by atoms with Crippen molar-refractivity contribution in [1.29, 1.82) is 0 Å². The van der Waals surface area contributed by atoms with Gasteiger partial charge in [0.1, 0.15) is 5.82 Å². The van der Waals surface area contributed by atoms with Gasteiger partial charge in [-0.05, 0) is 44.6 Å². The van der Waals surface area contributed by atoms with Crippen molar-refractivity contribution in [2.24, 2.45) is 11.8 Å². The summed E-state index contributed by atoms with van der Waals surface area (Å²) in [6.45, 7) is 1.55. The van der Waals surface area contributed by atoms with Crippen LogP contribution in [-0.2, 0) is 11.3 Å². The molecule has 2 N–H and O–H groups in total. The van der Waals surface area contributed by atoms with E-state index in [9.17, 15) is 4.79 Å². The molecule has 0 atom stereocenters. The summed E-state index contributed by atoms with van der Waals surface area (Å²) in [6.07, 6.45) is 7.96. The van der Waals surface area contributed by atoms with E-state index < -0.39 is 5.97 Å². The Labute approximate surface area is 123 Å². The predicted molar refractivity (Wildman–Crippen MR) is 76.4 cm³/mol. The van der Waals surface area contributed by atoms with Gasteiger partial charge in [-0.2, -0.15) is 0 Å². The summed E-state index contributed by atoms with van der Waals surface area (Å²) in [7, 11) is 0. The molecule has 1 fully saturated rings. The van der Waals surface area contributed by atoms with Crippen LogP contribution in [0.25, 0.3) is 0 Å². The van der Waals surface area contributed by atoms with E-state index in [0.29, 0.717) is 17.5 Å². The molecule has 20 heavy (non-hydrogen) atoms. The molecular weight excluding hydrogens is 278 g/mol. The molecule has 1 heterocycles. The lowest BCUT2D eigenvalue weighted by atomic mass is 9.80. The SMILES string of the molecule is O=C(O)C1CCC(CCNCc2ncc(Cl)cn2)CC1. The number of halogens is 1. The number of hydrogen-bond donors (Lipinski definition) is 2. The minimum absolute atomic E-state index is 0.123. The largest absolute Gasteiger partial charge is 0.481 e. The molecule has 0 spiro atoms. The summed E-state index contributed by atoms with van der Waals surface area (Å²) in [5, 5.41) is 12.8. The lowest BCUT2D eigenvalue weighted by Crippen LogP contribution is -2.24. The molecule has 1 aromatic heterocycles. The topological polar surface area (TPSA) is 75.1 Å². The first-order valence-electron chi connectivity index (χ1n) is 7.05. The highest BCUT2D eigenvalue weighted by Crippen LogP contribution is 2.30. The minimum atomic E-state index is -0.638. The maximum absolute atomic E-state index is 10.9. The van der Waals surface area contributed by atoms with Gasteiger partial charge < -0.3 is 10.4 Å². The Morgan fingerprint density at radius 1 is 1.30 bits per heavy atom. The van der Waals surface area contributed by atoms with Crippen LogP contribution in [0.5, 0.6) is 0 Å². The maximum atomic E-state index is 10.9.